The molecule has 0 radical (unpaired) electrons. The summed E-state index contributed by atoms with van der Waals surface area (Å²) in [6.07, 6.45) is 5.05. The minimum absolute atomic E-state index is 0.253. The van der Waals surface area contributed by atoms with Gasteiger partial charge in [-0.05, 0) is 32.2 Å². The first-order valence-electron chi connectivity index (χ1n) is 7.03. The van der Waals surface area contributed by atoms with Crippen LogP contribution in [-0.2, 0) is 4.74 Å². The Hall–Kier alpha value is -0.160. The maximum absolute atomic E-state index is 9.96. The van der Waals surface area contributed by atoms with E-state index in [0.29, 0.717) is 12.1 Å². The zero-order valence-corrected chi connectivity index (χ0v) is 10.9. The molecular formula is C13H26N2O2. The molecule has 2 unspecified atom stereocenters. The maximum atomic E-state index is 9.96. The summed E-state index contributed by atoms with van der Waals surface area (Å²) < 4.78 is 5.64. The molecule has 17 heavy (non-hydrogen) atoms. The summed E-state index contributed by atoms with van der Waals surface area (Å²) in [6, 6.07) is 0.679. The van der Waals surface area contributed by atoms with Gasteiger partial charge in [0.15, 0.2) is 0 Å². The van der Waals surface area contributed by atoms with E-state index < -0.39 is 0 Å². The monoisotopic (exact) mass is 242 g/mol. The number of aliphatic hydroxyl groups is 1. The summed E-state index contributed by atoms with van der Waals surface area (Å²) in [5, 5.41) is 13.3. The first-order chi connectivity index (χ1) is 8.28. The zero-order chi connectivity index (χ0) is 12.1. The number of hydrogen-bond acceptors (Lipinski definition) is 4. The maximum Gasteiger partial charge on any atom is 0.0791 e. The molecule has 1 aliphatic carbocycles. The van der Waals surface area contributed by atoms with E-state index in [9.17, 15) is 5.11 Å². The zero-order valence-electron chi connectivity index (χ0n) is 10.9. The van der Waals surface area contributed by atoms with E-state index in [0.717, 1.165) is 32.8 Å². The van der Waals surface area contributed by atoms with Crippen LogP contribution in [0.2, 0.25) is 0 Å². The largest absolute Gasteiger partial charge is 0.390 e. The molecule has 0 aromatic heterocycles. The SMILES string of the molecule is CCN(CC(O)CNC1CC1)CC1CCCO1. The highest BCUT2D eigenvalue weighted by Crippen LogP contribution is 2.18. The van der Waals surface area contributed by atoms with E-state index in [-0.39, 0.29) is 6.10 Å². The first kappa shape index (κ1) is 13.3. The molecule has 2 atom stereocenters. The standard InChI is InChI=1S/C13H26N2O2/c1-2-15(10-13-4-3-7-17-13)9-12(16)8-14-11-5-6-11/h11-14,16H,2-10H2,1H3. The van der Waals surface area contributed by atoms with Gasteiger partial charge in [0, 0.05) is 32.3 Å². The summed E-state index contributed by atoms with van der Waals surface area (Å²) in [5.41, 5.74) is 0. The molecular weight excluding hydrogens is 216 g/mol. The Balaban J connectivity index is 1.61. The number of rotatable bonds is 8. The lowest BCUT2D eigenvalue weighted by molar-refractivity contribution is 0.0518. The molecule has 1 aliphatic heterocycles. The summed E-state index contributed by atoms with van der Waals surface area (Å²) in [5.74, 6) is 0. The molecule has 2 rings (SSSR count). The predicted octanol–water partition coefficient (Wildman–Crippen LogP) is 0.600. The van der Waals surface area contributed by atoms with Crippen molar-refractivity contribution >= 4 is 0 Å². The Morgan fingerprint density at radius 2 is 2.24 bits per heavy atom. The van der Waals surface area contributed by atoms with Crippen LogP contribution in [0.1, 0.15) is 32.6 Å². The third kappa shape index (κ3) is 4.92. The Labute approximate surface area is 104 Å². The normalized spacial score (nSPS) is 26.6. The van der Waals surface area contributed by atoms with Gasteiger partial charge in [-0.2, -0.15) is 0 Å². The van der Waals surface area contributed by atoms with Crippen molar-refractivity contribution in [2.45, 2.75) is 50.9 Å². The highest BCUT2D eigenvalue weighted by Gasteiger charge is 2.23. The van der Waals surface area contributed by atoms with Crippen molar-refractivity contribution in [2.24, 2.45) is 0 Å². The lowest BCUT2D eigenvalue weighted by atomic mass is 10.2. The summed E-state index contributed by atoms with van der Waals surface area (Å²) in [7, 11) is 0. The molecule has 0 aromatic rings. The predicted molar refractivity (Wildman–Crippen MR) is 68.1 cm³/mol. The fourth-order valence-corrected chi connectivity index (χ4v) is 2.36. The van der Waals surface area contributed by atoms with Gasteiger partial charge in [0.1, 0.15) is 0 Å². The van der Waals surface area contributed by atoms with Gasteiger partial charge >= 0.3 is 0 Å². The third-order valence-electron chi connectivity index (χ3n) is 3.62. The number of likely N-dealkylation sites (N-methyl/N-ethyl adjacent to an activating group) is 1. The van der Waals surface area contributed by atoms with Crippen molar-refractivity contribution in [1.29, 1.82) is 0 Å². The van der Waals surface area contributed by atoms with Crippen LogP contribution < -0.4 is 5.32 Å². The molecule has 2 aliphatic rings. The van der Waals surface area contributed by atoms with E-state index in [1.54, 1.807) is 0 Å². The highest BCUT2D eigenvalue weighted by atomic mass is 16.5. The second-order valence-corrected chi connectivity index (χ2v) is 5.32. The van der Waals surface area contributed by atoms with Crippen LogP contribution in [0.15, 0.2) is 0 Å². The Morgan fingerprint density at radius 1 is 1.41 bits per heavy atom. The second kappa shape index (κ2) is 6.69. The van der Waals surface area contributed by atoms with Gasteiger partial charge in [-0.1, -0.05) is 6.92 Å². The number of ether oxygens (including phenoxy) is 1. The van der Waals surface area contributed by atoms with Crippen LogP contribution in [0.25, 0.3) is 0 Å². The number of nitrogens with one attached hydrogen (secondary N) is 1. The number of hydrogen-bond donors (Lipinski definition) is 2. The van der Waals surface area contributed by atoms with E-state index >= 15 is 0 Å². The lowest BCUT2D eigenvalue weighted by Crippen LogP contribution is -2.41. The molecule has 100 valence electrons. The first-order valence-corrected chi connectivity index (χ1v) is 7.03. The second-order valence-electron chi connectivity index (χ2n) is 5.32. The molecule has 0 bridgehead atoms. The van der Waals surface area contributed by atoms with Crippen molar-refractivity contribution in [3.05, 3.63) is 0 Å². The molecule has 0 spiro atoms. The molecule has 2 N–H and O–H groups in total. The van der Waals surface area contributed by atoms with Gasteiger partial charge in [-0.15, -0.1) is 0 Å². The highest BCUT2D eigenvalue weighted by molar-refractivity contribution is 4.82. The minimum atomic E-state index is -0.253. The molecule has 1 heterocycles. The van der Waals surface area contributed by atoms with Crippen LogP contribution in [-0.4, -0.2) is 61.0 Å². The fraction of sp³-hybridized carbons (Fsp3) is 1.00. The summed E-state index contributed by atoms with van der Waals surface area (Å²) in [4.78, 5) is 2.30. The van der Waals surface area contributed by atoms with Gasteiger partial charge in [0.25, 0.3) is 0 Å². The summed E-state index contributed by atoms with van der Waals surface area (Å²) in [6.45, 7) is 6.50. The van der Waals surface area contributed by atoms with Crippen molar-refractivity contribution < 1.29 is 9.84 Å². The van der Waals surface area contributed by atoms with Gasteiger partial charge in [-0.25, -0.2) is 0 Å². The molecule has 1 saturated heterocycles. The van der Waals surface area contributed by atoms with Gasteiger partial charge in [-0.3, -0.25) is 4.90 Å². The topological polar surface area (TPSA) is 44.7 Å². The Bertz CT molecular complexity index is 215. The van der Waals surface area contributed by atoms with Crippen LogP contribution >= 0.6 is 0 Å². The van der Waals surface area contributed by atoms with Gasteiger partial charge in [0.05, 0.1) is 12.2 Å². The fourth-order valence-electron chi connectivity index (χ4n) is 2.36. The average Bonchev–Trinajstić information content (AvgIpc) is 3.02. The van der Waals surface area contributed by atoms with Crippen molar-refractivity contribution in [3.8, 4) is 0 Å². The van der Waals surface area contributed by atoms with E-state index in [4.69, 9.17) is 4.74 Å². The van der Waals surface area contributed by atoms with Crippen LogP contribution in [0.4, 0.5) is 0 Å². The Morgan fingerprint density at radius 3 is 2.82 bits per heavy atom. The molecule has 0 amide bonds. The lowest BCUT2D eigenvalue weighted by Gasteiger charge is -2.26. The average molecular weight is 242 g/mol. The van der Waals surface area contributed by atoms with Gasteiger partial charge < -0.3 is 15.2 Å². The smallest absolute Gasteiger partial charge is 0.0791 e. The molecule has 4 heteroatoms. The summed E-state index contributed by atoms with van der Waals surface area (Å²) >= 11 is 0. The molecule has 1 saturated carbocycles. The van der Waals surface area contributed by atoms with E-state index in [1.807, 2.05) is 0 Å². The number of nitrogens with zero attached hydrogens (tertiary/aromatic N) is 1. The van der Waals surface area contributed by atoms with Crippen LogP contribution in [0.5, 0.6) is 0 Å². The van der Waals surface area contributed by atoms with Crippen molar-refractivity contribution in [1.82, 2.24) is 10.2 Å². The van der Waals surface area contributed by atoms with E-state index in [2.05, 4.69) is 17.1 Å². The quantitative estimate of drug-likeness (QED) is 0.654. The van der Waals surface area contributed by atoms with Crippen molar-refractivity contribution in [3.63, 3.8) is 0 Å². The third-order valence-corrected chi connectivity index (χ3v) is 3.62. The van der Waals surface area contributed by atoms with Crippen LogP contribution in [0, 0.1) is 0 Å². The molecule has 2 fully saturated rings. The molecule has 0 aromatic carbocycles. The van der Waals surface area contributed by atoms with Gasteiger partial charge in [0.2, 0.25) is 0 Å². The number of aliphatic hydroxyl groups excluding tert-OH is 1. The Kier molecular flexibility index (Phi) is 5.22. The van der Waals surface area contributed by atoms with E-state index in [1.165, 1.54) is 25.7 Å². The minimum Gasteiger partial charge on any atom is -0.390 e. The van der Waals surface area contributed by atoms with Crippen LogP contribution in [0.3, 0.4) is 0 Å². The van der Waals surface area contributed by atoms with Crippen molar-refractivity contribution in [2.75, 3.05) is 32.8 Å². The molecule has 4 nitrogen and oxygen atoms in total.